The van der Waals surface area contributed by atoms with Gasteiger partial charge in [0.2, 0.25) is 0 Å². The molecule has 28 heavy (non-hydrogen) atoms. The van der Waals surface area contributed by atoms with Gasteiger partial charge in [-0.1, -0.05) is 12.1 Å². The lowest BCUT2D eigenvalue weighted by Gasteiger charge is -2.13. The summed E-state index contributed by atoms with van der Waals surface area (Å²) in [6, 6.07) is 8.96. The summed E-state index contributed by atoms with van der Waals surface area (Å²) in [6.07, 6.45) is -3.48. The smallest absolute Gasteiger partial charge is 0.418 e. The van der Waals surface area contributed by atoms with Gasteiger partial charge in [0.15, 0.2) is 11.5 Å². The van der Waals surface area contributed by atoms with Crippen LogP contribution in [-0.4, -0.2) is 17.6 Å². The SMILES string of the molecule is CCOc1cc(/C=C(/C#N)C(=O)Nc2ccccc2C(F)(F)F)cc(Br)c1O. The number of ether oxygens (including phenoxy) is 1. The van der Waals surface area contributed by atoms with Crippen LogP contribution in [-0.2, 0) is 11.0 Å². The van der Waals surface area contributed by atoms with E-state index in [1.54, 1.807) is 13.0 Å². The van der Waals surface area contributed by atoms with Crippen LogP contribution in [0.15, 0.2) is 46.4 Å². The molecular formula is C19H14BrF3N2O3. The molecule has 5 nitrogen and oxygen atoms in total. The van der Waals surface area contributed by atoms with Crippen LogP contribution in [0.1, 0.15) is 18.1 Å². The predicted molar refractivity (Wildman–Crippen MR) is 101 cm³/mol. The molecule has 2 N–H and O–H groups in total. The predicted octanol–water partition coefficient (Wildman–Crippen LogP) is 5.12. The number of hydrogen-bond acceptors (Lipinski definition) is 4. The van der Waals surface area contributed by atoms with Gasteiger partial charge in [0.25, 0.3) is 5.91 Å². The molecule has 2 aromatic rings. The Balaban J connectivity index is 2.37. The Bertz CT molecular complexity index is 966. The van der Waals surface area contributed by atoms with E-state index in [2.05, 4.69) is 21.2 Å². The van der Waals surface area contributed by atoms with Crippen molar-refractivity contribution in [3.8, 4) is 17.6 Å². The second-order valence-electron chi connectivity index (χ2n) is 5.45. The number of benzene rings is 2. The van der Waals surface area contributed by atoms with Crippen molar-refractivity contribution in [1.82, 2.24) is 0 Å². The van der Waals surface area contributed by atoms with Crippen LogP contribution >= 0.6 is 15.9 Å². The van der Waals surface area contributed by atoms with Gasteiger partial charge in [0, 0.05) is 0 Å². The second-order valence-corrected chi connectivity index (χ2v) is 6.30. The topological polar surface area (TPSA) is 82.3 Å². The molecule has 0 heterocycles. The van der Waals surface area contributed by atoms with Gasteiger partial charge in [0.1, 0.15) is 11.6 Å². The van der Waals surface area contributed by atoms with E-state index in [1.807, 2.05) is 0 Å². The summed E-state index contributed by atoms with van der Waals surface area (Å²) in [5, 5.41) is 21.3. The maximum absolute atomic E-state index is 13.1. The molecular weight excluding hydrogens is 441 g/mol. The van der Waals surface area contributed by atoms with Gasteiger partial charge in [-0.25, -0.2) is 0 Å². The second kappa shape index (κ2) is 8.80. The number of carbonyl (C=O) groups is 1. The Morgan fingerprint density at radius 2 is 2.04 bits per heavy atom. The highest BCUT2D eigenvalue weighted by Gasteiger charge is 2.33. The zero-order chi connectivity index (χ0) is 20.9. The summed E-state index contributed by atoms with van der Waals surface area (Å²) in [5.74, 6) is -1.02. The number of phenolic OH excluding ortho intramolecular Hbond substituents is 1. The van der Waals surface area contributed by atoms with Gasteiger partial charge in [-0.3, -0.25) is 4.79 Å². The Labute approximate surface area is 167 Å². The molecule has 0 radical (unpaired) electrons. The van der Waals surface area contributed by atoms with Crippen LogP contribution in [0.25, 0.3) is 6.08 Å². The number of rotatable bonds is 5. The molecule has 0 saturated carbocycles. The number of aromatic hydroxyl groups is 1. The average molecular weight is 455 g/mol. The fourth-order valence-corrected chi connectivity index (χ4v) is 2.75. The van der Waals surface area contributed by atoms with E-state index in [1.165, 1.54) is 30.3 Å². The van der Waals surface area contributed by atoms with Crippen molar-refractivity contribution < 1.29 is 27.8 Å². The van der Waals surface area contributed by atoms with E-state index in [-0.39, 0.29) is 22.6 Å². The summed E-state index contributed by atoms with van der Waals surface area (Å²) < 4.78 is 44.7. The number of para-hydroxylation sites is 1. The van der Waals surface area contributed by atoms with E-state index in [0.717, 1.165) is 12.1 Å². The number of halogens is 4. The highest BCUT2D eigenvalue weighted by molar-refractivity contribution is 9.10. The lowest BCUT2D eigenvalue weighted by molar-refractivity contribution is -0.137. The summed E-state index contributed by atoms with van der Waals surface area (Å²) >= 11 is 3.13. The number of nitriles is 1. The number of nitrogens with zero attached hydrogens (tertiary/aromatic N) is 1. The maximum atomic E-state index is 13.1. The summed E-state index contributed by atoms with van der Waals surface area (Å²) in [4.78, 5) is 12.3. The molecule has 1 amide bonds. The Morgan fingerprint density at radius 3 is 2.64 bits per heavy atom. The first kappa shape index (κ1) is 21.3. The third-order valence-electron chi connectivity index (χ3n) is 3.51. The van der Waals surface area contributed by atoms with Crippen molar-refractivity contribution >= 4 is 33.6 Å². The minimum Gasteiger partial charge on any atom is -0.503 e. The summed E-state index contributed by atoms with van der Waals surface area (Å²) in [5.41, 5.74) is -1.56. The number of nitrogens with one attached hydrogen (secondary N) is 1. The summed E-state index contributed by atoms with van der Waals surface area (Å²) in [7, 11) is 0. The molecule has 9 heteroatoms. The van der Waals surface area contributed by atoms with Crippen molar-refractivity contribution in [2.24, 2.45) is 0 Å². The Morgan fingerprint density at radius 1 is 1.36 bits per heavy atom. The van der Waals surface area contributed by atoms with E-state index >= 15 is 0 Å². The largest absolute Gasteiger partial charge is 0.503 e. The maximum Gasteiger partial charge on any atom is 0.418 e. The first-order chi connectivity index (χ1) is 13.2. The van der Waals surface area contributed by atoms with E-state index in [9.17, 15) is 28.3 Å². The van der Waals surface area contributed by atoms with Gasteiger partial charge >= 0.3 is 6.18 Å². The fraction of sp³-hybridized carbons (Fsp3) is 0.158. The zero-order valence-electron chi connectivity index (χ0n) is 14.5. The number of alkyl halides is 3. The van der Waals surface area contributed by atoms with Crippen molar-refractivity contribution in [3.63, 3.8) is 0 Å². The molecule has 2 aromatic carbocycles. The van der Waals surface area contributed by atoms with Crippen LogP contribution in [0.3, 0.4) is 0 Å². The molecule has 0 unspecified atom stereocenters. The molecule has 0 atom stereocenters. The Kier molecular flexibility index (Phi) is 6.70. The number of carbonyl (C=O) groups excluding carboxylic acids is 1. The summed E-state index contributed by atoms with van der Waals surface area (Å²) in [6.45, 7) is 1.98. The molecule has 0 fully saturated rings. The molecule has 0 bridgehead atoms. The molecule has 0 aromatic heterocycles. The molecule has 2 rings (SSSR count). The first-order valence-electron chi connectivity index (χ1n) is 7.92. The third kappa shape index (κ3) is 5.04. The molecule has 0 aliphatic rings. The van der Waals surface area contributed by atoms with Crippen molar-refractivity contribution in [3.05, 3.63) is 57.6 Å². The van der Waals surface area contributed by atoms with Crippen LogP contribution in [0.2, 0.25) is 0 Å². The van der Waals surface area contributed by atoms with Gasteiger partial charge < -0.3 is 15.2 Å². The van der Waals surface area contributed by atoms with Crippen molar-refractivity contribution in [2.75, 3.05) is 11.9 Å². The number of amides is 1. The normalized spacial score (nSPS) is 11.6. The first-order valence-corrected chi connectivity index (χ1v) is 8.71. The molecule has 0 aliphatic carbocycles. The highest BCUT2D eigenvalue weighted by Crippen LogP contribution is 2.37. The van der Waals surface area contributed by atoms with Gasteiger partial charge in [0.05, 0.1) is 22.3 Å². The van der Waals surface area contributed by atoms with Crippen molar-refractivity contribution in [2.45, 2.75) is 13.1 Å². The number of anilines is 1. The minimum absolute atomic E-state index is 0.128. The lowest BCUT2D eigenvalue weighted by atomic mass is 10.1. The van der Waals surface area contributed by atoms with Crippen LogP contribution < -0.4 is 10.1 Å². The van der Waals surface area contributed by atoms with Crippen LogP contribution in [0.5, 0.6) is 11.5 Å². The third-order valence-corrected chi connectivity index (χ3v) is 4.11. The fourth-order valence-electron chi connectivity index (χ4n) is 2.29. The standard InChI is InChI=1S/C19H14BrF3N2O3/c1-2-28-16-9-11(8-14(20)17(16)26)7-12(10-24)18(27)25-15-6-4-3-5-13(15)19(21,22)23/h3-9,26H,2H2,1H3,(H,25,27)/b12-7-. The van der Waals surface area contributed by atoms with Crippen LogP contribution in [0.4, 0.5) is 18.9 Å². The zero-order valence-corrected chi connectivity index (χ0v) is 16.1. The van der Waals surface area contributed by atoms with Crippen molar-refractivity contribution in [1.29, 1.82) is 5.26 Å². The molecule has 0 aliphatic heterocycles. The highest BCUT2D eigenvalue weighted by atomic mass is 79.9. The molecule has 146 valence electrons. The number of phenols is 1. The monoisotopic (exact) mass is 454 g/mol. The van der Waals surface area contributed by atoms with Gasteiger partial charge in [-0.2, -0.15) is 18.4 Å². The Hall–Kier alpha value is -2.99. The van der Waals surface area contributed by atoms with E-state index in [4.69, 9.17) is 4.74 Å². The van der Waals surface area contributed by atoms with Gasteiger partial charge in [-0.15, -0.1) is 0 Å². The average Bonchev–Trinajstić information content (AvgIpc) is 2.63. The quantitative estimate of drug-likeness (QED) is 0.485. The molecule has 0 saturated heterocycles. The minimum atomic E-state index is -4.66. The number of hydrogen-bond donors (Lipinski definition) is 2. The van der Waals surface area contributed by atoms with E-state index < -0.39 is 28.9 Å². The van der Waals surface area contributed by atoms with E-state index in [0.29, 0.717) is 5.56 Å². The lowest BCUT2D eigenvalue weighted by Crippen LogP contribution is -2.17. The van der Waals surface area contributed by atoms with Crippen LogP contribution in [0, 0.1) is 11.3 Å². The molecule has 0 spiro atoms. The van der Waals surface area contributed by atoms with Gasteiger partial charge in [-0.05, 0) is 58.8 Å².